The van der Waals surface area contributed by atoms with Gasteiger partial charge in [-0.15, -0.1) is 0 Å². The molecule has 2 aromatic rings. The fraction of sp³-hybridized carbons (Fsp3) is 0.0714. The molecule has 0 spiro atoms. The van der Waals surface area contributed by atoms with Gasteiger partial charge in [-0.05, 0) is 0 Å². The minimum atomic E-state index is -0.876. The summed E-state index contributed by atoms with van der Waals surface area (Å²) in [5, 5.41) is 9.17. The van der Waals surface area contributed by atoms with E-state index >= 15 is 0 Å². The number of benzene rings is 2. The van der Waals surface area contributed by atoms with Crippen LogP contribution in [-0.4, -0.2) is 0 Å². The van der Waals surface area contributed by atoms with E-state index in [1.165, 1.54) is 5.56 Å². The van der Waals surface area contributed by atoms with Gasteiger partial charge in [-0.3, -0.25) is 0 Å². The summed E-state index contributed by atoms with van der Waals surface area (Å²) < 4.78 is 0.416. The van der Waals surface area contributed by atoms with E-state index in [2.05, 4.69) is 50.0 Å². The van der Waals surface area contributed by atoms with Crippen molar-refractivity contribution in [3.8, 4) is 6.07 Å². The molecule has 0 aliphatic carbocycles. The fourth-order valence-electron chi connectivity index (χ4n) is 1.94. The van der Waals surface area contributed by atoms with Gasteiger partial charge >= 0.3 is 116 Å². The summed E-state index contributed by atoms with van der Waals surface area (Å²) in [6.45, 7) is 0. The molecule has 0 saturated carbocycles. The summed E-state index contributed by atoms with van der Waals surface area (Å²) in [7, 11) is 0. The first kappa shape index (κ1) is 12.5. The van der Waals surface area contributed by atoms with Crippen LogP contribution in [0, 0.1) is 11.3 Å². The molecule has 0 saturated heterocycles. The third-order valence-electron chi connectivity index (χ3n) is 2.81. The van der Waals surface area contributed by atoms with Crippen LogP contribution in [0.25, 0.3) is 0 Å². The van der Waals surface area contributed by atoms with Crippen molar-refractivity contribution < 1.29 is 15.2 Å². The topological polar surface area (TPSA) is 23.8 Å². The Morgan fingerprint density at radius 2 is 1.65 bits per heavy atom. The summed E-state index contributed by atoms with van der Waals surface area (Å²) in [5.41, 5.74) is 3.27. The molecule has 3 heteroatoms. The Labute approximate surface area is 115 Å². The zero-order valence-electron chi connectivity index (χ0n) is 9.31. The Morgan fingerprint density at radius 3 is 2.29 bits per heavy atom. The molecule has 0 bridgehead atoms. The molecule has 0 aliphatic rings. The van der Waals surface area contributed by atoms with Gasteiger partial charge in [0, 0.05) is 0 Å². The summed E-state index contributed by atoms with van der Waals surface area (Å²) in [5.74, 6) is 0. The van der Waals surface area contributed by atoms with Crippen LogP contribution in [0.4, 0.5) is 0 Å². The first-order chi connectivity index (χ1) is 8.36. The minimum absolute atomic E-state index is 0.416. The number of hydrogen-bond acceptors (Lipinski definition) is 1. The van der Waals surface area contributed by atoms with E-state index in [1.54, 1.807) is 0 Å². The summed E-state index contributed by atoms with van der Waals surface area (Å²) in [4.78, 5) is 0. The summed E-state index contributed by atoms with van der Waals surface area (Å²) >= 11 is 2.85. The van der Waals surface area contributed by atoms with Crippen molar-refractivity contribution >= 4 is 13.6 Å². The quantitative estimate of drug-likeness (QED) is 0.776. The first-order valence-corrected chi connectivity index (χ1v) is 14.1. The molecule has 2 aromatic carbocycles. The third-order valence-corrected chi connectivity index (χ3v) is 8.74. The Bertz CT molecular complexity index is 533. The van der Waals surface area contributed by atoms with Gasteiger partial charge < -0.3 is 0 Å². The van der Waals surface area contributed by atoms with Gasteiger partial charge in [-0.25, -0.2) is 0 Å². The van der Waals surface area contributed by atoms with Crippen LogP contribution in [0.2, 0.25) is 0 Å². The van der Waals surface area contributed by atoms with E-state index in [4.69, 9.17) is 5.26 Å². The molecule has 0 aromatic heterocycles. The van der Waals surface area contributed by atoms with Crippen molar-refractivity contribution in [3.63, 3.8) is 0 Å². The predicted octanol–water partition coefficient (Wildman–Crippen LogP) is 4.04. The van der Waals surface area contributed by atoms with Crippen LogP contribution in [0.3, 0.4) is 0 Å². The van der Waals surface area contributed by atoms with Crippen LogP contribution in [0.5, 0.6) is 0 Å². The van der Waals surface area contributed by atoms with E-state index in [0.29, 0.717) is 4.51 Å². The van der Waals surface area contributed by atoms with E-state index in [-0.39, 0.29) is 0 Å². The maximum atomic E-state index is 9.17. The molecule has 1 atom stereocenters. The van der Waals surface area contributed by atoms with Gasteiger partial charge in [-0.1, -0.05) is 0 Å². The molecular weight excluding hydrogens is 327 g/mol. The number of halogens is 1. The van der Waals surface area contributed by atoms with E-state index < -0.39 is 15.2 Å². The average Bonchev–Trinajstić information content (AvgIpc) is 2.41. The van der Waals surface area contributed by atoms with Gasteiger partial charge in [0.25, 0.3) is 0 Å². The standard InChI is InChI=1S/C14H10N.BrH.Zn/c15-11-14-9-5-4-8-13(14)10-12-6-2-1-3-7-12;;/h1-10H;1H;/q;;+1/p-1. The zero-order chi connectivity index (χ0) is 12.1. The van der Waals surface area contributed by atoms with Gasteiger partial charge in [-0.2, -0.15) is 0 Å². The Kier molecular flexibility index (Phi) is 4.48. The fourth-order valence-corrected chi connectivity index (χ4v) is 7.74. The number of nitrogens with zero attached hydrogens (tertiary/aromatic N) is 1. The molecule has 0 amide bonds. The average molecular weight is 338 g/mol. The zero-order valence-corrected chi connectivity index (χ0v) is 13.9. The summed E-state index contributed by atoms with van der Waals surface area (Å²) in [6, 6.07) is 20.6. The van der Waals surface area contributed by atoms with E-state index in [0.717, 1.165) is 11.1 Å². The SMILES string of the molecule is N#Cc1ccccc1[CH]([Zn][Br])c1ccccc1. The van der Waals surface area contributed by atoms with Crippen LogP contribution in [-0.2, 0) is 15.2 Å². The Morgan fingerprint density at radius 1 is 1.00 bits per heavy atom. The van der Waals surface area contributed by atoms with Crippen molar-refractivity contribution in [1.29, 1.82) is 5.26 Å². The van der Waals surface area contributed by atoms with Crippen LogP contribution in [0.15, 0.2) is 54.6 Å². The molecule has 17 heavy (non-hydrogen) atoms. The monoisotopic (exact) mass is 335 g/mol. The molecule has 0 fully saturated rings. The number of nitriles is 1. The van der Waals surface area contributed by atoms with Gasteiger partial charge in [0.1, 0.15) is 0 Å². The third kappa shape index (κ3) is 2.83. The normalized spacial score (nSPS) is 11.3. The molecular formula is C14H10BrNZn. The molecule has 2 rings (SSSR count). The second kappa shape index (κ2) is 6.10. The summed E-state index contributed by atoms with van der Waals surface area (Å²) in [6.07, 6.45) is 0. The number of hydrogen-bond donors (Lipinski definition) is 0. The van der Waals surface area contributed by atoms with Crippen LogP contribution >= 0.6 is 13.6 Å². The van der Waals surface area contributed by atoms with Crippen molar-refractivity contribution in [3.05, 3.63) is 71.3 Å². The van der Waals surface area contributed by atoms with E-state index in [9.17, 15) is 0 Å². The van der Waals surface area contributed by atoms with Gasteiger partial charge in [0.2, 0.25) is 0 Å². The molecule has 0 radical (unpaired) electrons. The van der Waals surface area contributed by atoms with Crippen molar-refractivity contribution in [2.24, 2.45) is 0 Å². The first-order valence-electron chi connectivity index (χ1n) is 5.46. The predicted molar refractivity (Wildman–Crippen MR) is 68.4 cm³/mol. The Hall–Kier alpha value is -0.967. The van der Waals surface area contributed by atoms with Crippen molar-refractivity contribution in [1.82, 2.24) is 0 Å². The number of rotatable bonds is 3. The second-order valence-corrected chi connectivity index (χ2v) is 9.54. The van der Waals surface area contributed by atoms with Gasteiger partial charge in [0.05, 0.1) is 0 Å². The van der Waals surface area contributed by atoms with Crippen LogP contribution in [0.1, 0.15) is 21.2 Å². The second-order valence-electron chi connectivity index (χ2n) is 3.82. The van der Waals surface area contributed by atoms with Crippen LogP contribution < -0.4 is 0 Å². The maximum absolute atomic E-state index is 9.17. The molecule has 1 unspecified atom stereocenters. The van der Waals surface area contributed by atoms with Crippen molar-refractivity contribution in [2.45, 2.75) is 4.51 Å². The van der Waals surface area contributed by atoms with Gasteiger partial charge in [0.15, 0.2) is 0 Å². The molecule has 0 N–H and O–H groups in total. The van der Waals surface area contributed by atoms with Crippen molar-refractivity contribution in [2.75, 3.05) is 0 Å². The molecule has 1 nitrogen and oxygen atoms in total. The molecule has 80 valence electrons. The Balaban J connectivity index is 2.47. The molecule has 0 aliphatic heterocycles. The molecule has 0 heterocycles. The van der Waals surface area contributed by atoms with E-state index in [1.807, 2.05) is 24.3 Å².